The third-order valence-electron chi connectivity index (χ3n) is 4.22. The van der Waals surface area contributed by atoms with E-state index in [-0.39, 0.29) is 17.7 Å². The van der Waals surface area contributed by atoms with Crippen molar-refractivity contribution in [2.24, 2.45) is 5.73 Å². The van der Waals surface area contributed by atoms with Crippen LogP contribution < -0.4 is 16.4 Å². The van der Waals surface area contributed by atoms with Crippen molar-refractivity contribution < 1.29 is 28.3 Å². The van der Waals surface area contributed by atoms with Gasteiger partial charge in [-0.15, -0.1) is 0 Å². The lowest BCUT2D eigenvalue weighted by Crippen LogP contribution is -2.41. The molecule has 1 aromatic carbocycles. The van der Waals surface area contributed by atoms with Crippen LogP contribution in [0.2, 0.25) is 0 Å². The molecule has 11 heteroatoms. The van der Waals surface area contributed by atoms with Crippen LogP contribution in [0.4, 0.5) is 14.6 Å². The molecule has 5 N–H and O–H groups in total. The number of nitrogens with zero attached hydrogens (tertiary/aromatic N) is 2. The zero-order chi connectivity index (χ0) is 24.8. The summed E-state index contributed by atoms with van der Waals surface area (Å²) in [5, 5.41) is 14.3. The normalized spacial score (nSPS) is 11.0. The van der Waals surface area contributed by atoms with Gasteiger partial charge in [0, 0.05) is 12.6 Å². The quantitative estimate of drug-likeness (QED) is 0.373. The van der Waals surface area contributed by atoms with Crippen molar-refractivity contribution in [2.75, 3.05) is 11.9 Å². The molecule has 0 aliphatic heterocycles. The Balaban J connectivity index is 0.000000346. The number of hydrogen-bond acceptors (Lipinski definition) is 6. The van der Waals surface area contributed by atoms with Gasteiger partial charge in [0.25, 0.3) is 5.91 Å². The number of nitrogens with two attached hydrogens (primary N) is 1. The van der Waals surface area contributed by atoms with Crippen LogP contribution in [0.1, 0.15) is 55.6 Å². The lowest BCUT2D eigenvalue weighted by molar-refractivity contribution is -0.141. The molecule has 0 aliphatic carbocycles. The van der Waals surface area contributed by atoms with E-state index < -0.39 is 35.5 Å². The fourth-order valence-corrected chi connectivity index (χ4v) is 2.65. The topological polar surface area (TPSA) is 147 Å². The zero-order valence-corrected chi connectivity index (χ0v) is 18.6. The first-order valence-electron chi connectivity index (χ1n) is 10.5. The Morgan fingerprint density at radius 3 is 2.30 bits per heavy atom. The molecule has 1 atom stereocenters. The van der Waals surface area contributed by atoms with Crippen LogP contribution >= 0.6 is 0 Å². The van der Waals surface area contributed by atoms with Gasteiger partial charge in [-0.05, 0) is 30.5 Å². The lowest BCUT2D eigenvalue weighted by Gasteiger charge is -2.13. The first kappa shape index (κ1) is 27.4. The molecule has 9 nitrogen and oxygen atoms in total. The van der Waals surface area contributed by atoms with Crippen LogP contribution in [0, 0.1) is 11.6 Å². The molecule has 0 bridgehead atoms. The summed E-state index contributed by atoms with van der Waals surface area (Å²) in [6.07, 6.45) is 5.74. The van der Waals surface area contributed by atoms with Gasteiger partial charge in [0.1, 0.15) is 29.2 Å². The van der Waals surface area contributed by atoms with E-state index in [1.165, 1.54) is 6.20 Å². The average Bonchev–Trinajstić information content (AvgIpc) is 2.73. The number of primary amides is 1. The molecule has 180 valence electrons. The number of carboxylic acids is 1. The Kier molecular flexibility index (Phi) is 12.0. The van der Waals surface area contributed by atoms with Crippen LogP contribution in [0.5, 0.6) is 0 Å². The van der Waals surface area contributed by atoms with Crippen LogP contribution in [0.3, 0.4) is 0 Å². The summed E-state index contributed by atoms with van der Waals surface area (Å²) in [5.41, 5.74) is 5.42. The molecule has 0 saturated carbocycles. The van der Waals surface area contributed by atoms with Crippen molar-refractivity contribution in [3.8, 4) is 0 Å². The van der Waals surface area contributed by atoms with Gasteiger partial charge in [0.05, 0.1) is 18.8 Å². The number of aliphatic carboxylic acids is 1. The highest BCUT2D eigenvalue weighted by Gasteiger charge is 2.19. The van der Waals surface area contributed by atoms with E-state index in [4.69, 9.17) is 10.8 Å². The van der Waals surface area contributed by atoms with Crippen LogP contribution in [-0.4, -0.2) is 45.4 Å². The minimum Gasteiger partial charge on any atom is -0.480 e. The minimum absolute atomic E-state index is 0.163. The van der Waals surface area contributed by atoms with E-state index in [1.54, 1.807) is 13.1 Å². The third kappa shape index (κ3) is 11.0. The number of hydrogen-bond donors (Lipinski definition) is 4. The number of rotatable bonds is 11. The molecule has 0 aliphatic rings. The largest absolute Gasteiger partial charge is 0.480 e. The predicted molar refractivity (Wildman–Crippen MR) is 118 cm³/mol. The second-order valence-electron chi connectivity index (χ2n) is 7.14. The molecule has 0 radical (unpaired) electrons. The Morgan fingerprint density at radius 2 is 1.76 bits per heavy atom. The van der Waals surface area contributed by atoms with Crippen molar-refractivity contribution >= 4 is 23.6 Å². The van der Waals surface area contributed by atoms with Crippen molar-refractivity contribution in [2.45, 2.75) is 52.0 Å². The highest BCUT2D eigenvalue weighted by atomic mass is 19.1. The van der Waals surface area contributed by atoms with Crippen molar-refractivity contribution in [3.05, 3.63) is 53.5 Å². The van der Waals surface area contributed by atoms with Crippen molar-refractivity contribution in [1.82, 2.24) is 15.3 Å². The smallest absolute Gasteiger partial charge is 0.326 e. The Morgan fingerprint density at radius 1 is 1.09 bits per heavy atom. The molecule has 0 spiro atoms. The first-order chi connectivity index (χ1) is 15.7. The van der Waals surface area contributed by atoms with Gasteiger partial charge in [0.15, 0.2) is 0 Å². The Labute approximate surface area is 190 Å². The maximum absolute atomic E-state index is 12.9. The number of anilines is 1. The van der Waals surface area contributed by atoms with Gasteiger partial charge in [0.2, 0.25) is 5.91 Å². The number of carboxylic acid groups (broad SMARTS) is 1. The number of carbonyl (C=O) groups excluding carboxylic acids is 2. The fourth-order valence-electron chi connectivity index (χ4n) is 2.65. The minimum atomic E-state index is -1.12. The predicted octanol–water partition coefficient (Wildman–Crippen LogP) is 2.66. The number of aromatic nitrogens is 2. The summed E-state index contributed by atoms with van der Waals surface area (Å²) in [6, 6.07) is 1.81. The van der Waals surface area contributed by atoms with Crippen molar-refractivity contribution in [3.63, 3.8) is 0 Å². The van der Waals surface area contributed by atoms with Gasteiger partial charge in [-0.3, -0.25) is 14.6 Å². The SMILES string of the molecule is CCCC(NC(=O)Cc1cc(F)cc(F)c1)C(=O)O.CCCCNc1cncc(C(N)=O)n1. The molecule has 33 heavy (non-hydrogen) atoms. The van der Waals surface area contributed by atoms with E-state index in [0.29, 0.717) is 24.7 Å². The second-order valence-corrected chi connectivity index (χ2v) is 7.14. The van der Waals surface area contributed by atoms with E-state index in [2.05, 4.69) is 27.5 Å². The average molecular weight is 466 g/mol. The number of benzene rings is 1. The van der Waals surface area contributed by atoms with E-state index >= 15 is 0 Å². The molecule has 0 fully saturated rings. The molecule has 2 aromatic rings. The maximum atomic E-state index is 12.9. The number of unbranched alkanes of at least 4 members (excludes halogenated alkanes) is 1. The Bertz CT molecular complexity index is 923. The van der Waals surface area contributed by atoms with Gasteiger partial charge in [-0.25, -0.2) is 18.6 Å². The van der Waals surface area contributed by atoms with Gasteiger partial charge in [-0.2, -0.15) is 0 Å². The van der Waals surface area contributed by atoms with Gasteiger partial charge < -0.3 is 21.5 Å². The number of halogens is 2. The van der Waals surface area contributed by atoms with Crippen molar-refractivity contribution in [1.29, 1.82) is 0 Å². The molecular weight excluding hydrogens is 436 g/mol. The molecule has 1 aromatic heterocycles. The van der Waals surface area contributed by atoms with E-state index in [1.807, 2.05) is 0 Å². The van der Waals surface area contributed by atoms with E-state index in [0.717, 1.165) is 31.5 Å². The van der Waals surface area contributed by atoms with Crippen LogP contribution in [0.15, 0.2) is 30.6 Å². The number of amides is 2. The van der Waals surface area contributed by atoms with Gasteiger partial charge >= 0.3 is 5.97 Å². The zero-order valence-electron chi connectivity index (χ0n) is 18.6. The second kappa shape index (κ2) is 14.4. The summed E-state index contributed by atoms with van der Waals surface area (Å²) in [6.45, 7) is 4.73. The maximum Gasteiger partial charge on any atom is 0.326 e. The van der Waals surface area contributed by atoms with Crippen LogP contribution in [-0.2, 0) is 16.0 Å². The molecule has 2 amide bonds. The summed E-state index contributed by atoms with van der Waals surface area (Å²) < 4.78 is 25.8. The molecule has 2 rings (SSSR count). The van der Waals surface area contributed by atoms with Crippen LogP contribution in [0.25, 0.3) is 0 Å². The number of nitrogens with one attached hydrogen (secondary N) is 2. The molecular formula is C22H29F2N5O4. The molecule has 1 unspecified atom stereocenters. The highest BCUT2D eigenvalue weighted by Crippen LogP contribution is 2.09. The first-order valence-corrected chi connectivity index (χ1v) is 10.5. The summed E-state index contributed by atoms with van der Waals surface area (Å²) >= 11 is 0. The third-order valence-corrected chi connectivity index (χ3v) is 4.22. The summed E-state index contributed by atoms with van der Waals surface area (Å²) in [7, 11) is 0. The fraction of sp³-hybridized carbons (Fsp3) is 0.409. The summed E-state index contributed by atoms with van der Waals surface area (Å²) in [5.74, 6) is -3.21. The molecule has 1 heterocycles. The number of carbonyl (C=O) groups is 3. The van der Waals surface area contributed by atoms with Gasteiger partial charge in [-0.1, -0.05) is 26.7 Å². The summed E-state index contributed by atoms with van der Waals surface area (Å²) in [4.78, 5) is 41.1. The van der Waals surface area contributed by atoms with E-state index in [9.17, 15) is 23.2 Å². The molecule has 0 saturated heterocycles. The lowest BCUT2D eigenvalue weighted by atomic mass is 10.1. The Hall–Kier alpha value is -3.63. The standard InChI is InChI=1S/C13H15F2NO3.C9H14N4O/c1-2-3-11(13(18)19)16-12(17)6-8-4-9(14)7-10(15)5-8;1-2-3-4-12-8-6-11-5-7(13-8)9(10)14/h4-5,7,11H,2-3,6H2,1H3,(H,16,17)(H,18,19);5-6H,2-4H2,1H3,(H2,10,14)(H,12,13). The monoisotopic (exact) mass is 465 g/mol. The highest BCUT2D eigenvalue weighted by molar-refractivity contribution is 5.90.